The van der Waals surface area contributed by atoms with Crippen LogP contribution in [-0.2, 0) is 6.54 Å². The molecule has 0 spiro atoms. The maximum Gasteiger partial charge on any atom is 0.194 e. The summed E-state index contributed by atoms with van der Waals surface area (Å²) in [6.45, 7) is 9.06. The summed E-state index contributed by atoms with van der Waals surface area (Å²) in [6, 6.07) is 1.94. The van der Waals surface area contributed by atoms with Crippen LogP contribution >= 0.6 is 24.0 Å². The molecule has 1 aromatic heterocycles. The van der Waals surface area contributed by atoms with Crippen molar-refractivity contribution in [3.8, 4) is 0 Å². The van der Waals surface area contributed by atoms with Gasteiger partial charge in [-0.3, -0.25) is 9.89 Å². The Morgan fingerprint density at radius 2 is 2.13 bits per heavy atom. The molecule has 1 saturated heterocycles. The predicted molar refractivity (Wildman–Crippen MR) is 102 cm³/mol. The van der Waals surface area contributed by atoms with E-state index in [4.69, 9.17) is 9.52 Å². The molecule has 2 heterocycles. The van der Waals surface area contributed by atoms with Crippen molar-refractivity contribution in [1.82, 2.24) is 20.3 Å². The molecule has 3 rings (SSSR count). The molecule has 1 N–H and O–H groups in total. The van der Waals surface area contributed by atoms with Gasteiger partial charge in [0.2, 0.25) is 0 Å². The van der Waals surface area contributed by atoms with Crippen molar-refractivity contribution in [1.29, 1.82) is 0 Å². The second kappa shape index (κ2) is 9.46. The first-order valence-corrected chi connectivity index (χ1v) is 8.50. The average Bonchev–Trinajstić information content (AvgIpc) is 2.98. The normalized spacial score (nSPS) is 20.0. The Kier molecular flexibility index (Phi) is 7.61. The van der Waals surface area contributed by atoms with Crippen LogP contribution < -0.4 is 5.32 Å². The number of hydrogen-bond acceptors (Lipinski definition) is 4. The molecule has 23 heavy (non-hydrogen) atoms. The van der Waals surface area contributed by atoms with Gasteiger partial charge < -0.3 is 14.7 Å². The maximum atomic E-state index is 4.90. The van der Waals surface area contributed by atoms with E-state index in [0.29, 0.717) is 0 Å². The third kappa shape index (κ3) is 5.34. The molecule has 0 atom stereocenters. The summed E-state index contributed by atoms with van der Waals surface area (Å²) in [6.07, 6.45) is 5.74. The van der Waals surface area contributed by atoms with Crippen molar-refractivity contribution >= 4 is 29.9 Å². The van der Waals surface area contributed by atoms with E-state index in [1.807, 2.05) is 6.07 Å². The zero-order valence-electron chi connectivity index (χ0n) is 13.9. The van der Waals surface area contributed by atoms with Crippen molar-refractivity contribution in [2.45, 2.75) is 32.7 Å². The molecule has 0 amide bonds. The second-order valence-corrected chi connectivity index (χ2v) is 6.25. The van der Waals surface area contributed by atoms with Crippen LogP contribution in [0, 0.1) is 5.92 Å². The van der Waals surface area contributed by atoms with Crippen molar-refractivity contribution < 1.29 is 4.52 Å². The van der Waals surface area contributed by atoms with E-state index < -0.39 is 0 Å². The number of guanidine groups is 1. The number of halogens is 1. The fourth-order valence-electron chi connectivity index (χ4n) is 2.98. The molecular weight excluding hydrogens is 405 g/mol. The van der Waals surface area contributed by atoms with E-state index in [1.165, 1.54) is 19.3 Å². The van der Waals surface area contributed by atoms with E-state index in [9.17, 15) is 0 Å². The highest BCUT2D eigenvalue weighted by Gasteiger charge is 2.21. The van der Waals surface area contributed by atoms with Crippen LogP contribution in [0.5, 0.6) is 0 Å². The molecule has 0 bridgehead atoms. The van der Waals surface area contributed by atoms with Crippen molar-refractivity contribution in [3.05, 3.63) is 18.0 Å². The van der Waals surface area contributed by atoms with Gasteiger partial charge in [-0.25, -0.2) is 0 Å². The lowest BCUT2D eigenvalue weighted by Gasteiger charge is -2.36. The summed E-state index contributed by atoms with van der Waals surface area (Å²) < 4.78 is 4.90. The molecule has 2 aliphatic rings. The van der Waals surface area contributed by atoms with Gasteiger partial charge in [-0.05, 0) is 25.7 Å². The molecule has 1 aromatic rings. The van der Waals surface area contributed by atoms with Crippen LogP contribution in [0.25, 0.3) is 0 Å². The van der Waals surface area contributed by atoms with E-state index in [-0.39, 0.29) is 24.0 Å². The van der Waals surface area contributed by atoms with Crippen LogP contribution in [0.15, 0.2) is 21.8 Å². The van der Waals surface area contributed by atoms with E-state index in [2.05, 4.69) is 27.2 Å². The van der Waals surface area contributed by atoms with Crippen molar-refractivity contribution in [3.63, 3.8) is 0 Å². The average molecular weight is 433 g/mol. The van der Waals surface area contributed by atoms with Gasteiger partial charge in [0.1, 0.15) is 6.26 Å². The summed E-state index contributed by atoms with van der Waals surface area (Å²) in [7, 11) is 0. The first-order valence-electron chi connectivity index (χ1n) is 8.50. The fraction of sp³-hybridized carbons (Fsp3) is 0.750. The Morgan fingerprint density at radius 1 is 1.35 bits per heavy atom. The molecule has 130 valence electrons. The Morgan fingerprint density at radius 3 is 2.70 bits per heavy atom. The molecule has 1 aliphatic heterocycles. The Bertz CT molecular complexity index is 467. The predicted octanol–water partition coefficient (Wildman–Crippen LogP) is 2.18. The van der Waals surface area contributed by atoms with Gasteiger partial charge in [0, 0.05) is 51.9 Å². The molecule has 0 aromatic carbocycles. The smallest absolute Gasteiger partial charge is 0.194 e. The Balaban J connectivity index is 0.00000192. The lowest BCUT2D eigenvalue weighted by Crippen LogP contribution is -2.52. The number of nitrogens with one attached hydrogen (secondary N) is 1. The molecule has 1 saturated carbocycles. The molecule has 0 unspecified atom stereocenters. The van der Waals surface area contributed by atoms with Crippen molar-refractivity contribution in [2.75, 3.05) is 39.3 Å². The number of hydrogen-bond donors (Lipinski definition) is 1. The van der Waals surface area contributed by atoms with Crippen LogP contribution in [0.3, 0.4) is 0 Å². The molecule has 7 heteroatoms. The number of aliphatic imine (C=N–C) groups is 1. The molecule has 6 nitrogen and oxygen atoms in total. The topological polar surface area (TPSA) is 56.9 Å². The fourth-order valence-corrected chi connectivity index (χ4v) is 2.98. The molecule has 1 aliphatic carbocycles. The minimum Gasteiger partial charge on any atom is -0.364 e. The molecular formula is C16H28IN5O. The van der Waals surface area contributed by atoms with Gasteiger partial charge in [0.05, 0.1) is 5.69 Å². The molecule has 0 radical (unpaired) electrons. The second-order valence-electron chi connectivity index (χ2n) is 6.25. The third-order valence-corrected chi connectivity index (χ3v) is 4.61. The monoisotopic (exact) mass is 433 g/mol. The minimum absolute atomic E-state index is 0. The van der Waals surface area contributed by atoms with Gasteiger partial charge in [-0.15, -0.1) is 24.0 Å². The van der Waals surface area contributed by atoms with E-state index >= 15 is 0 Å². The number of aromatic nitrogens is 1. The van der Waals surface area contributed by atoms with Gasteiger partial charge in [0.15, 0.2) is 5.96 Å². The Labute approximate surface area is 155 Å². The van der Waals surface area contributed by atoms with Crippen LogP contribution in [-0.4, -0.2) is 60.2 Å². The van der Waals surface area contributed by atoms with Gasteiger partial charge in [-0.1, -0.05) is 11.6 Å². The first-order chi connectivity index (χ1) is 10.8. The summed E-state index contributed by atoms with van der Waals surface area (Å²) >= 11 is 0. The third-order valence-electron chi connectivity index (χ3n) is 4.61. The number of piperazine rings is 1. The number of rotatable bonds is 5. The van der Waals surface area contributed by atoms with Gasteiger partial charge in [0.25, 0.3) is 0 Å². The lowest BCUT2D eigenvalue weighted by atomic mass is 9.86. The quantitative estimate of drug-likeness (QED) is 0.438. The minimum atomic E-state index is 0. The lowest BCUT2D eigenvalue weighted by molar-refractivity contribution is 0.168. The summed E-state index contributed by atoms with van der Waals surface area (Å²) in [4.78, 5) is 9.66. The maximum absolute atomic E-state index is 4.90. The van der Waals surface area contributed by atoms with E-state index in [1.54, 1.807) is 6.26 Å². The van der Waals surface area contributed by atoms with Crippen molar-refractivity contribution in [2.24, 2.45) is 10.9 Å². The van der Waals surface area contributed by atoms with Gasteiger partial charge >= 0.3 is 0 Å². The molecule has 2 fully saturated rings. The van der Waals surface area contributed by atoms with Crippen LogP contribution in [0.1, 0.15) is 31.9 Å². The SMILES string of the molecule is CCNC(=NCC1CCC1)N1CCN(Cc2ccon2)CC1.I. The highest BCUT2D eigenvalue weighted by atomic mass is 127. The number of nitrogens with zero attached hydrogens (tertiary/aromatic N) is 4. The Hall–Kier alpha value is -0.830. The largest absolute Gasteiger partial charge is 0.364 e. The zero-order valence-corrected chi connectivity index (χ0v) is 16.2. The zero-order chi connectivity index (χ0) is 15.2. The van der Waals surface area contributed by atoms with Crippen LogP contribution in [0.2, 0.25) is 0 Å². The van der Waals surface area contributed by atoms with Crippen LogP contribution in [0.4, 0.5) is 0 Å². The standard InChI is InChI=1S/C16H27N5O.HI/c1-2-17-16(18-12-14-4-3-5-14)21-9-7-20(8-10-21)13-15-6-11-22-19-15;/h6,11,14H,2-5,7-10,12-13H2,1H3,(H,17,18);1H. The van der Waals surface area contributed by atoms with E-state index in [0.717, 1.165) is 63.4 Å². The summed E-state index contributed by atoms with van der Waals surface area (Å²) in [5, 5.41) is 7.44. The summed E-state index contributed by atoms with van der Waals surface area (Å²) in [5.41, 5.74) is 1.01. The summed E-state index contributed by atoms with van der Waals surface area (Å²) in [5.74, 6) is 1.91. The first kappa shape index (κ1) is 18.5. The highest BCUT2D eigenvalue weighted by molar-refractivity contribution is 14.0. The highest BCUT2D eigenvalue weighted by Crippen LogP contribution is 2.26. The van der Waals surface area contributed by atoms with Gasteiger partial charge in [-0.2, -0.15) is 0 Å².